The molecule has 1 heterocycles. The quantitative estimate of drug-likeness (QED) is 0.150. The molecular formula is C60H39NO. The molecule has 12 rings (SSSR count). The Morgan fingerprint density at radius 2 is 0.790 bits per heavy atom. The van der Waals surface area contributed by atoms with Gasteiger partial charge in [0.05, 0.1) is 5.69 Å². The van der Waals surface area contributed by atoms with E-state index in [1.54, 1.807) is 0 Å². The van der Waals surface area contributed by atoms with Gasteiger partial charge in [-0.15, -0.1) is 0 Å². The van der Waals surface area contributed by atoms with E-state index in [1.165, 1.54) is 54.2 Å². The lowest BCUT2D eigenvalue weighted by Crippen LogP contribution is -2.10. The smallest absolute Gasteiger partial charge is 0.143 e. The number of benzene rings is 11. The van der Waals surface area contributed by atoms with Gasteiger partial charge in [0.15, 0.2) is 0 Å². The van der Waals surface area contributed by atoms with Crippen molar-refractivity contribution in [3.8, 4) is 44.7 Å². The van der Waals surface area contributed by atoms with E-state index in [2.05, 4.69) is 235 Å². The monoisotopic (exact) mass is 789 g/mol. The maximum absolute atomic E-state index is 6.61. The van der Waals surface area contributed by atoms with Gasteiger partial charge < -0.3 is 9.32 Å². The van der Waals surface area contributed by atoms with Gasteiger partial charge in [-0.1, -0.05) is 188 Å². The number of fused-ring (bicyclic) bond motifs is 7. The molecule has 0 spiro atoms. The zero-order chi connectivity index (χ0) is 41.0. The molecular weight excluding hydrogens is 751 g/mol. The molecule has 0 aliphatic heterocycles. The van der Waals surface area contributed by atoms with Crippen LogP contribution in [-0.2, 0) is 0 Å². The summed E-state index contributed by atoms with van der Waals surface area (Å²) in [5.74, 6) is 0.880. The summed E-state index contributed by atoms with van der Waals surface area (Å²) < 4.78 is 6.61. The minimum atomic E-state index is 0.880. The summed E-state index contributed by atoms with van der Waals surface area (Å²) in [4.78, 5) is 2.41. The molecule has 62 heavy (non-hydrogen) atoms. The van der Waals surface area contributed by atoms with Gasteiger partial charge in [-0.05, 0) is 114 Å². The summed E-state index contributed by atoms with van der Waals surface area (Å²) in [5.41, 5.74) is 12.2. The molecule has 1 aromatic heterocycles. The second-order valence-electron chi connectivity index (χ2n) is 16.0. The van der Waals surface area contributed by atoms with Crippen molar-refractivity contribution in [2.45, 2.75) is 0 Å². The Hall–Kier alpha value is -8.20. The summed E-state index contributed by atoms with van der Waals surface area (Å²) in [7, 11) is 0. The molecule has 0 unspecified atom stereocenters. The highest BCUT2D eigenvalue weighted by molar-refractivity contribution is 6.16. The fourth-order valence-electron chi connectivity index (χ4n) is 9.51. The van der Waals surface area contributed by atoms with E-state index in [9.17, 15) is 0 Å². The summed E-state index contributed by atoms with van der Waals surface area (Å²) in [6.45, 7) is 0. The Balaban J connectivity index is 0.980. The van der Waals surface area contributed by atoms with Crippen molar-refractivity contribution >= 4 is 71.1 Å². The summed E-state index contributed by atoms with van der Waals surface area (Å²) in [6.07, 6.45) is 0. The molecule has 0 radical (unpaired) electrons. The van der Waals surface area contributed by atoms with Crippen LogP contribution in [-0.4, -0.2) is 0 Å². The van der Waals surface area contributed by atoms with Gasteiger partial charge in [-0.2, -0.15) is 0 Å². The van der Waals surface area contributed by atoms with Crippen LogP contribution in [0.1, 0.15) is 0 Å². The molecule has 0 fully saturated rings. The van der Waals surface area contributed by atoms with Crippen LogP contribution in [0.4, 0.5) is 17.1 Å². The van der Waals surface area contributed by atoms with E-state index < -0.39 is 0 Å². The Morgan fingerprint density at radius 1 is 0.290 bits per heavy atom. The summed E-state index contributed by atoms with van der Waals surface area (Å²) in [6, 6.07) is 85.3. The van der Waals surface area contributed by atoms with Gasteiger partial charge in [0, 0.05) is 33.3 Å². The Morgan fingerprint density at radius 3 is 1.48 bits per heavy atom. The SMILES string of the molecule is c1ccc(-c2c(-c3cccc(-c4ccc(N(c5ccc(-c6cc7ccccc7c7ccccc67)cc5)c5cc6ccccc6c6ccccc56)cc4)c3)oc3ccccc23)cc1. The first kappa shape index (κ1) is 35.7. The van der Waals surface area contributed by atoms with Gasteiger partial charge in [-0.3, -0.25) is 0 Å². The van der Waals surface area contributed by atoms with Crippen molar-refractivity contribution in [2.75, 3.05) is 4.90 Å². The number of para-hydroxylation sites is 1. The minimum absolute atomic E-state index is 0.880. The van der Waals surface area contributed by atoms with Gasteiger partial charge in [0.25, 0.3) is 0 Å². The molecule has 0 aliphatic rings. The van der Waals surface area contributed by atoms with Gasteiger partial charge in [0.2, 0.25) is 0 Å². The van der Waals surface area contributed by atoms with Gasteiger partial charge in [-0.25, -0.2) is 0 Å². The zero-order valence-corrected chi connectivity index (χ0v) is 33.9. The van der Waals surface area contributed by atoms with Crippen LogP contribution >= 0.6 is 0 Å². The van der Waals surface area contributed by atoms with Crippen LogP contribution in [0.5, 0.6) is 0 Å². The first-order chi connectivity index (χ1) is 30.7. The van der Waals surface area contributed by atoms with E-state index in [0.29, 0.717) is 0 Å². The topological polar surface area (TPSA) is 16.4 Å². The predicted molar refractivity (Wildman–Crippen MR) is 263 cm³/mol. The highest BCUT2D eigenvalue weighted by Crippen LogP contribution is 2.45. The van der Waals surface area contributed by atoms with Crippen molar-refractivity contribution in [2.24, 2.45) is 0 Å². The Kier molecular flexibility index (Phi) is 8.53. The molecule has 0 saturated carbocycles. The van der Waals surface area contributed by atoms with Crippen molar-refractivity contribution < 1.29 is 4.42 Å². The van der Waals surface area contributed by atoms with E-state index in [-0.39, 0.29) is 0 Å². The van der Waals surface area contributed by atoms with Crippen molar-refractivity contribution in [1.29, 1.82) is 0 Å². The third kappa shape index (κ3) is 6.04. The molecule has 12 aromatic rings. The molecule has 0 N–H and O–H groups in total. The number of nitrogens with zero attached hydrogens (tertiary/aromatic N) is 1. The third-order valence-electron chi connectivity index (χ3n) is 12.4. The Labute approximate surface area is 360 Å². The highest BCUT2D eigenvalue weighted by Gasteiger charge is 2.20. The summed E-state index contributed by atoms with van der Waals surface area (Å²) >= 11 is 0. The number of hydrogen-bond donors (Lipinski definition) is 0. The first-order valence-corrected chi connectivity index (χ1v) is 21.2. The largest absolute Gasteiger partial charge is 0.455 e. The van der Waals surface area contributed by atoms with E-state index in [1.807, 2.05) is 6.07 Å². The van der Waals surface area contributed by atoms with Crippen LogP contribution in [0.2, 0.25) is 0 Å². The third-order valence-corrected chi connectivity index (χ3v) is 12.4. The molecule has 0 atom stereocenters. The zero-order valence-electron chi connectivity index (χ0n) is 33.9. The average molecular weight is 790 g/mol. The molecule has 11 aromatic carbocycles. The maximum atomic E-state index is 6.61. The molecule has 290 valence electrons. The first-order valence-electron chi connectivity index (χ1n) is 21.2. The number of anilines is 3. The van der Waals surface area contributed by atoms with Crippen LogP contribution in [0, 0.1) is 0 Å². The fourth-order valence-corrected chi connectivity index (χ4v) is 9.51. The van der Waals surface area contributed by atoms with Crippen LogP contribution in [0.3, 0.4) is 0 Å². The average Bonchev–Trinajstić information content (AvgIpc) is 3.75. The maximum Gasteiger partial charge on any atom is 0.143 e. The lowest BCUT2D eigenvalue weighted by Gasteiger charge is -2.28. The van der Waals surface area contributed by atoms with Crippen molar-refractivity contribution in [3.63, 3.8) is 0 Å². The molecule has 0 saturated heterocycles. The molecule has 2 heteroatoms. The lowest BCUT2D eigenvalue weighted by atomic mass is 9.93. The Bertz CT molecular complexity index is 3620. The summed E-state index contributed by atoms with van der Waals surface area (Å²) in [5, 5.41) is 11.1. The second kappa shape index (κ2) is 14.8. The number of rotatable bonds is 7. The van der Waals surface area contributed by atoms with Crippen LogP contribution in [0.25, 0.3) is 98.8 Å². The standard InChI is InChI=1S/C60H39NO/c1-2-15-42(16-3-1)59-55-27-12-13-28-58(55)62-60(59)46-20-14-19-43(37-46)40-29-33-47(34-30-40)61(57-39-45-18-5-7-22-50(45)52-24-10-11-26-54(52)57)48-35-31-41(32-36-48)56-38-44-17-4-6-21-49(44)51-23-8-9-25-53(51)56/h1-39H. The lowest BCUT2D eigenvalue weighted by molar-refractivity contribution is 0.632. The van der Waals surface area contributed by atoms with E-state index in [0.717, 1.165) is 61.6 Å². The normalized spacial score (nSPS) is 11.5. The van der Waals surface area contributed by atoms with Crippen LogP contribution in [0.15, 0.2) is 241 Å². The molecule has 2 nitrogen and oxygen atoms in total. The second-order valence-corrected chi connectivity index (χ2v) is 16.0. The predicted octanol–water partition coefficient (Wildman–Crippen LogP) is 17.2. The molecule has 0 amide bonds. The van der Waals surface area contributed by atoms with Gasteiger partial charge in [0.1, 0.15) is 11.3 Å². The number of furan rings is 1. The van der Waals surface area contributed by atoms with Crippen LogP contribution < -0.4 is 4.90 Å². The van der Waals surface area contributed by atoms with Gasteiger partial charge >= 0.3 is 0 Å². The van der Waals surface area contributed by atoms with Crippen molar-refractivity contribution in [3.05, 3.63) is 237 Å². The highest BCUT2D eigenvalue weighted by atomic mass is 16.3. The molecule has 0 bridgehead atoms. The minimum Gasteiger partial charge on any atom is -0.455 e. The van der Waals surface area contributed by atoms with Crippen molar-refractivity contribution in [1.82, 2.24) is 0 Å². The van der Waals surface area contributed by atoms with E-state index >= 15 is 0 Å². The molecule has 0 aliphatic carbocycles. The number of hydrogen-bond acceptors (Lipinski definition) is 2. The fraction of sp³-hybridized carbons (Fsp3) is 0. The van der Waals surface area contributed by atoms with E-state index in [4.69, 9.17) is 4.42 Å².